The lowest BCUT2D eigenvalue weighted by Crippen LogP contribution is -2.53. The number of nitrogens with one attached hydrogen (secondary N) is 2. The molecule has 1 aromatic carbocycles. The summed E-state index contributed by atoms with van der Waals surface area (Å²) in [5, 5.41) is 5.72. The Bertz CT molecular complexity index is 1130. The molecule has 1 aliphatic carbocycles. The normalized spacial score (nSPS) is 19.1. The summed E-state index contributed by atoms with van der Waals surface area (Å²) in [5.41, 5.74) is 2.24. The van der Waals surface area contributed by atoms with Crippen molar-refractivity contribution in [3.05, 3.63) is 42.2 Å². The fourth-order valence-electron chi connectivity index (χ4n) is 4.42. The van der Waals surface area contributed by atoms with Gasteiger partial charge in [-0.2, -0.15) is 4.98 Å². The molecule has 8 nitrogen and oxygen atoms in total. The van der Waals surface area contributed by atoms with Crippen molar-refractivity contribution in [2.75, 3.05) is 42.9 Å². The first-order chi connectivity index (χ1) is 16.0. The van der Waals surface area contributed by atoms with Crippen LogP contribution in [0.5, 0.6) is 5.75 Å². The van der Waals surface area contributed by atoms with Crippen LogP contribution in [0.4, 0.5) is 31.9 Å². The van der Waals surface area contributed by atoms with Gasteiger partial charge in [0.05, 0.1) is 19.0 Å². The molecule has 2 aliphatic rings. The Morgan fingerprint density at radius 2 is 2.00 bits per heavy atom. The number of methoxy groups -OCH3 is 1. The molecule has 0 bridgehead atoms. The average molecular weight is 473 g/mol. The minimum atomic E-state index is -2.65. The Labute approximate surface area is 198 Å². The van der Waals surface area contributed by atoms with Gasteiger partial charge < -0.3 is 25.2 Å². The van der Waals surface area contributed by atoms with Crippen LogP contribution in [0.3, 0.4) is 0 Å². The Balaban J connectivity index is 1.71. The number of rotatable bonds is 5. The molecule has 0 spiro atoms. The van der Waals surface area contributed by atoms with Crippen molar-refractivity contribution in [1.29, 1.82) is 0 Å². The summed E-state index contributed by atoms with van der Waals surface area (Å²) in [6, 6.07) is 4.67. The maximum absolute atomic E-state index is 13.8. The Morgan fingerprint density at radius 3 is 2.62 bits per heavy atom. The number of amides is 1. The van der Waals surface area contributed by atoms with Gasteiger partial charge in [0.25, 0.3) is 11.8 Å². The van der Waals surface area contributed by atoms with Gasteiger partial charge in [-0.05, 0) is 18.2 Å². The molecule has 0 unspecified atom stereocenters. The van der Waals surface area contributed by atoms with E-state index in [4.69, 9.17) is 9.72 Å². The molecule has 0 saturated heterocycles. The van der Waals surface area contributed by atoms with Gasteiger partial charge in [0.15, 0.2) is 5.82 Å². The van der Waals surface area contributed by atoms with Gasteiger partial charge in [0.1, 0.15) is 11.4 Å². The molecule has 1 amide bonds. The summed E-state index contributed by atoms with van der Waals surface area (Å²) in [4.78, 5) is 25.0. The average Bonchev–Trinajstić information content (AvgIpc) is 2.86. The predicted octanol–water partition coefficient (Wildman–Crippen LogP) is 4.18. The third-order valence-electron chi connectivity index (χ3n) is 6.58. The zero-order chi connectivity index (χ0) is 24.8. The number of halogens is 2. The number of hydrogen-bond donors (Lipinski definition) is 2. The van der Waals surface area contributed by atoms with Crippen LogP contribution in [-0.4, -0.2) is 55.6 Å². The first-order valence-corrected chi connectivity index (χ1v) is 11.1. The third kappa shape index (κ3) is 4.24. The zero-order valence-corrected chi connectivity index (χ0v) is 20.1. The number of ether oxygens (including phenoxy) is 1. The standard InChI is InChI=1S/C24H30F2N6O2/c1-14-23(2,3)13-32(16-10-24(25,26)11-16)20-18(31(14)5)12-28-22(30-20)29-17-8-7-15(21(33)27-4)9-19(17)34-6/h7-9,12,16H,1,10-11,13H2,2-6H3,(H,27,33)(H,28,29,30). The molecular weight excluding hydrogens is 442 g/mol. The van der Waals surface area contributed by atoms with Gasteiger partial charge in [0.2, 0.25) is 5.95 Å². The van der Waals surface area contributed by atoms with E-state index in [1.54, 1.807) is 31.4 Å². The van der Waals surface area contributed by atoms with Gasteiger partial charge in [-0.3, -0.25) is 4.79 Å². The number of hydrogen-bond acceptors (Lipinski definition) is 7. The molecule has 2 aromatic rings. The first-order valence-electron chi connectivity index (χ1n) is 11.1. The van der Waals surface area contributed by atoms with Crippen molar-refractivity contribution in [3.63, 3.8) is 0 Å². The van der Waals surface area contributed by atoms with Gasteiger partial charge in [-0.1, -0.05) is 20.4 Å². The lowest BCUT2D eigenvalue weighted by molar-refractivity contribution is -0.0865. The lowest BCUT2D eigenvalue weighted by atomic mass is 9.83. The van der Waals surface area contributed by atoms with Crippen molar-refractivity contribution in [3.8, 4) is 5.75 Å². The Hall–Kier alpha value is -3.43. The number of nitrogens with zero attached hydrogens (tertiary/aromatic N) is 4. The number of carbonyl (C=O) groups is 1. The van der Waals surface area contributed by atoms with Crippen LogP contribution in [0.1, 0.15) is 37.0 Å². The highest BCUT2D eigenvalue weighted by Gasteiger charge is 2.50. The number of aromatic nitrogens is 2. The molecule has 1 aromatic heterocycles. The number of anilines is 4. The first kappa shape index (κ1) is 23.7. The van der Waals surface area contributed by atoms with Gasteiger partial charge in [0, 0.05) is 56.2 Å². The molecular formula is C24H30F2N6O2. The van der Waals surface area contributed by atoms with Crippen LogP contribution in [-0.2, 0) is 0 Å². The van der Waals surface area contributed by atoms with E-state index in [2.05, 4.69) is 22.2 Å². The zero-order valence-electron chi connectivity index (χ0n) is 20.1. The number of alkyl halides is 2. The number of fused-ring (bicyclic) bond motifs is 1. The third-order valence-corrected chi connectivity index (χ3v) is 6.58. The van der Waals surface area contributed by atoms with E-state index in [1.165, 1.54) is 7.11 Å². The van der Waals surface area contributed by atoms with Crippen molar-refractivity contribution in [2.24, 2.45) is 5.41 Å². The van der Waals surface area contributed by atoms with E-state index in [9.17, 15) is 13.6 Å². The Morgan fingerprint density at radius 1 is 1.29 bits per heavy atom. The molecule has 4 rings (SSSR count). The van der Waals surface area contributed by atoms with E-state index in [1.807, 2.05) is 30.7 Å². The molecule has 34 heavy (non-hydrogen) atoms. The molecule has 2 heterocycles. The predicted molar refractivity (Wildman–Crippen MR) is 128 cm³/mol. The highest BCUT2D eigenvalue weighted by atomic mass is 19.3. The van der Waals surface area contributed by atoms with Crippen LogP contribution in [0.25, 0.3) is 0 Å². The fraction of sp³-hybridized carbons (Fsp3) is 0.458. The van der Waals surface area contributed by atoms with Crippen LogP contribution in [0.15, 0.2) is 36.7 Å². The van der Waals surface area contributed by atoms with E-state index in [-0.39, 0.29) is 30.2 Å². The quantitative estimate of drug-likeness (QED) is 0.676. The minimum Gasteiger partial charge on any atom is -0.495 e. The highest BCUT2D eigenvalue weighted by Crippen LogP contribution is 2.48. The van der Waals surface area contributed by atoms with Crippen LogP contribution < -0.4 is 25.2 Å². The van der Waals surface area contributed by atoms with E-state index < -0.39 is 5.92 Å². The van der Waals surface area contributed by atoms with Crippen molar-refractivity contribution in [1.82, 2.24) is 15.3 Å². The molecule has 1 aliphatic heterocycles. The number of carbonyl (C=O) groups excluding carboxylic acids is 1. The monoisotopic (exact) mass is 472 g/mol. The molecule has 182 valence electrons. The van der Waals surface area contributed by atoms with E-state index in [0.717, 1.165) is 5.70 Å². The SMILES string of the molecule is C=C1N(C)c2cnc(Nc3ccc(C(=O)NC)cc3OC)nc2N(C2CC(F)(F)C2)CC1(C)C. The van der Waals surface area contributed by atoms with Gasteiger partial charge in [-0.25, -0.2) is 13.8 Å². The summed E-state index contributed by atoms with van der Waals surface area (Å²) in [6.07, 6.45) is 1.26. The highest BCUT2D eigenvalue weighted by molar-refractivity contribution is 5.95. The molecule has 0 atom stereocenters. The second-order valence-corrected chi connectivity index (χ2v) is 9.46. The van der Waals surface area contributed by atoms with Gasteiger partial charge in [-0.15, -0.1) is 0 Å². The summed E-state index contributed by atoms with van der Waals surface area (Å²) >= 11 is 0. The topological polar surface area (TPSA) is 82.6 Å². The molecule has 1 fully saturated rings. The molecule has 1 saturated carbocycles. The second kappa shape index (κ2) is 8.41. The lowest BCUT2D eigenvalue weighted by Gasteiger charge is -2.45. The summed E-state index contributed by atoms with van der Waals surface area (Å²) < 4.78 is 33.0. The van der Waals surface area contributed by atoms with E-state index in [0.29, 0.717) is 41.0 Å². The maximum atomic E-state index is 13.8. The number of benzene rings is 1. The second-order valence-electron chi connectivity index (χ2n) is 9.46. The van der Waals surface area contributed by atoms with Crippen LogP contribution in [0, 0.1) is 5.41 Å². The van der Waals surface area contributed by atoms with Crippen molar-refractivity contribution >= 4 is 29.0 Å². The van der Waals surface area contributed by atoms with Crippen LogP contribution in [0.2, 0.25) is 0 Å². The largest absolute Gasteiger partial charge is 0.495 e. The Kier molecular flexibility index (Phi) is 5.87. The maximum Gasteiger partial charge on any atom is 0.252 e. The summed E-state index contributed by atoms with van der Waals surface area (Å²) in [6.45, 7) is 8.85. The smallest absolute Gasteiger partial charge is 0.252 e. The molecule has 0 radical (unpaired) electrons. The van der Waals surface area contributed by atoms with E-state index >= 15 is 0 Å². The van der Waals surface area contributed by atoms with Crippen molar-refractivity contribution in [2.45, 2.75) is 38.7 Å². The summed E-state index contributed by atoms with van der Waals surface area (Å²) in [7, 11) is 4.95. The van der Waals surface area contributed by atoms with Gasteiger partial charge >= 0.3 is 0 Å². The fourth-order valence-corrected chi connectivity index (χ4v) is 4.42. The summed E-state index contributed by atoms with van der Waals surface area (Å²) in [5.74, 6) is -1.57. The molecule has 2 N–H and O–H groups in total. The molecule has 10 heteroatoms. The van der Waals surface area contributed by atoms with Crippen LogP contribution >= 0.6 is 0 Å². The van der Waals surface area contributed by atoms with Crippen molar-refractivity contribution < 1.29 is 18.3 Å². The minimum absolute atomic E-state index is 0.208.